The van der Waals surface area contributed by atoms with Gasteiger partial charge in [-0.15, -0.1) is 0 Å². The number of esters is 1. The van der Waals surface area contributed by atoms with Crippen molar-refractivity contribution in [2.24, 2.45) is 0 Å². The molecule has 0 aliphatic heterocycles. The van der Waals surface area contributed by atoms with Gasteiger partial charge in [-0.2, -0.15) is 0 Å². The molecule has 3 N–H and O–H groups in total. The predicted molar refractivity (Wildman–Crippen MR) is 282 cm³/mol. The van der Waals surface area contributed by atoms with Crippen LogP contribution in [0.5, 0.6) is 0 Å². The van der Waals surface area contributed by atoms with Crippen molar-refractivity contribution in [2.45, 2.75) is 270 Å². The molecule has 0 saturated carbocycles. The molecule has 0 aromatic rings. The number of carbonyl (C=O) groups is 2. The molecule has 0 fully saturated rings. The number of unbranched alkanes of at least 4 members (excludes halogenated alkanes) is 22. The Morgan fingerprint density at radius 2 is 0.846 bits per heavy atom. The van der Waals surface area contributed by atoms with E-state index in [1.807, 2.05) is 6.08 Å². The SMILES string of the molecule is CC/C=C\C/C=C\C/C=C\C/C=C\C/C=C\C/C=C\CCC(=O)OC(CCC/C=C\CCCCCCCCC)CC(=O)NC(CO)C(O)CCCCCCCCCCCCCCCCC. The van der Waals surface area contributed by atoms with Crippen LogP contribution in [0.3, 0.4) is 0 Å². The Kier molecular flexibility index (Phi) is 49.6. The van der Waals surface area contributed by atoms with E-state index in [4.69, 9.17) is 4.74 Å². The minimum Gasteiger partial charge on any atom is -0.462 e. The molecule has 3 atom stereocenters. The number of allylic oxidation sites excluding steroid dienone is 14. The number of rotatable bonds is 48. The summed E-state index contributed by atoms with van der Waals surface area (Å²) >= 11 is 0. The van der Waals surface area contributed by atoms with Gasteiger partial charge in [0.1, 0.15) is 6.10 Å². The smallest absolute Gasteiger partial charge is 0.306 e. The van der Waals surface area contributed by atoms with Gasteiger partial charge >= 0.3 is 5.97 Å². The number of ether oxygens (including phenoxy) is 1. The van der Waals surface area contributed by atoms with Crippen LogP contribution in [-0.4, -0.2) is 46.9 Å². The summed E-state index contributed by atoms with van der Waals surface area (Å²) in [5.41, 5.74) is 0. The first kappa shape index (κ1) is 62.0. The molecule has 0 aromatic heterocycles. The lowest BCUT2D eigenvalue weighted by molar-refractivity contribution is -0.150. The molecule has 0 rings (SSSR count). The van der Waals surface area contributed by atoms with E-state index >= 15 is 0 Å². The summed E-state index contributed by atoms with van der Waals surface area (Å²) in [6.07, 6.45) is 68.0. The van der Waals surface area contributed by atoms with Crippen LogP contribution < -0.4 is 5.32 Å². The van der Waals surface area contributed by atoms with Crippen molar-refractivity contribution in [1.29, 1.82) is 0 Å². The molecule has 0 aliphatic rings. The van der Waals surface area contributed by atoms with Crippen LogP contribution in [0.15, 0.2) is 85.1 Å². The number of carbonyl (C=O) groups excluding carboxylic acids is 2. The van der Waals surface area contributed by atoms with E-state index < -0.39 is 18.2 Å². The Hall–Kier alpha value is -2.96. The maximum Gasteiger partial charge on any atom is 0.306 e. The summed E-state index contributed by atoms with van der Waals surface area (Å²) in [6.45, 7) is 6.35. The quantitative estimate of drug-likeness (QED) is 0.0321. The van der Waals surface area contributed by atoms with Crippen LogP contribution in [0.1, 0.15) is 252 Å². The fraction of sp³-hybridized carbons (Fsp3) is 0.729. The van der Waals surface area contributed by atoms with Crippen molar-refractivity contribution in [3.8, 4) is 0 Å². The molecule has 0 bridgehead atoms. The first-order chi connectivity index (χ1) is 32.0. The molecule has 0 aliphatic carbocycles. The second-order valence-corrected chi connectivity index (χ2v) is 18.2. The molecule has 6 nitrogen and oxygen atoms in total. The van der Waals surface area contributed by atoms with E-state index in [2.05, 4.69) is 105 Å². The van der Waals surface area contributed by atoms with Crippen molar-refractivity contribution in [2.75, 3.05) is 6.61 Å². The third-order valence-electron chi connectivity index (χ3n) is 12.0. The Bertz CT molecular complexity index is 1250. The van der Waals surface area contributed by atoms with E-state index in [1.165, 1.54) is 122 Å². The summed E-state index contributed by atoms with van der Waals surface area (Å²) in [7, 11) is 0. The first-order valence-electron chi connectivity index (χ1n) is 27.3. The monoisotopic (exact) mass is 906 g/mol. The molecule has 0 radical (unpaired) electrons. The molecule has 374 valence electrons. The van der Waals surface area contributed by atoms with Crippen LogP contribution in [0.2, 0.25) is 0 Å². The van der Waals surface area contributed by atoms with Crippen molar-refractivity contribution < 1.29 is 24.5 Å². The number of aliphatic hydroxyl groups excluding tert-OH is 2. The van der Waals surface area contributed by atoms with Gasteiger partial charge in [-0.1, -0.05) is 241 Å². The highest BCUT2D eigenvalue weighted by Crippen LogP contribution is 2.17. The number of nitrogens with one attached hydrogen (secondary N) is 1. The molecule has 6 heteroatoms. The Balaban J connectivity index is 4.67. The maximum absolute atomic E-state index is 13.2. The zero-order chi connectivity index (χ0) is 47.4. The number of amides is 1. The number of aliphatic hydroxyl groups is 2. The second kappa shape index (κ2) is 52.0. The average Bonchev–Trinajstić information content (AvgIpc) is 3.30. The highest BCUT2D eigenvalue weighted by molar-refractivity contribution is 5.77. The fourth-order valence-electron chi connectivity index (χ4n) is 7.87. The van der Waals surface area contributed by atoms with Crippen LogP contribution in [0.25, 0.3) is 0 Å². The highest BCUT2D eigenvalue weighted by Gasteiger charge is 2.24. The van der Waals surface area contributed by atoms with Gasteiger partial charge in [0.05, 0.1) is 25.2 Å². The van der Waals surface area contributed by atoms with Crippen LogP contribution in [-0.2, 0) is 14.3 Å². The van der Waals surface area contributed by atoms with Crippen molar-refractivity contribution in [1.82, 2.24) is 5.32 Å². The van der Waals surface area contributed by atoms with E-state index in [1.54, 1.807) is 0 Å². The Labute approximate surface area is 402 Å². The predicted octanol–water partition coefficient (Wildman–Crippen LogP) is 16.7. The summed E-state index contributed by atoms with van der Waals surface area (Å²) in [4.78, 5) is 26.1. The van der Waals surface area contributed by atoms with Crippen LogP contribution in [0.4, 0.5) is 0 Å². The van der Waals surface area contributed by atoms with E-state index in [-0.39, 0.29) is 31.3 Å². The maximum atomic E-state index is 13.2. The Morgan fingerprint density at radius 1 is 0.462 bits per heavy atom. The normalized spacial score (nSPS) is 13.9. The van der Waals surface area contributed by atoms with Crippen molar-refractivity contribution in [3.05, 3.63) is 85.1 Å². The number of hydrogen-bond acceptors (Lipinski definition) is 5. The molecule has 0 spiro atoms. The van der Waals surface area contributed by atoms with Gasteiger partial charge in [-0.05, 0) is 83.5 Å². The molecule has 65 heavy (non-hydrogen) atoms. The second-order valence-electron chi connectivity index (χ2n) is 18.2. The highest BCUT2D eigenvalue weighted by atomic mass is 16.5. The summed E-state index contributed by atoms with van der Waals surface area (Å²) in [6, 6.07) is -0.729. The van der Waals surface area contributed by atoms with Crippen molar-refractivity contribution in [3.63, 3.8) is 0 Å². The zero-order valence-electron chi connectivity index (χ0n) is 42.6. The molecule has 0 saturated heterocycles. The minimum absolute atomic E-state index is 0.0234. The van der Waals surface area contributed by atoms with Gasteiger partial charge in [-0.25, -0.2) is 0 Å². The molecule has 3 unspecified atom stereocenters. The van der Waals surface area contributed by atoms with Gasteiger partial charge in [0.2, 0.25) is 5.91 Å². The third-order valence-corrected chi connectivity index (χ3v) is 12.0. The third kappa shape index (κ3) is 47.3. The lowest BCUT2D eigenvalue weighted by Crippen LogP contribution is -2.46. The van der Waals surface area contributed by atoms with E-state index in [0.29, 0.717) is 19.3 Å². The zero-order valence-corrected chi connectivity index (χ0v) is 42.6. The number of hydrogen-bond donors (Lipinski definition) is 3. The van der Waals surface area contributed by atoms with E-state index in [0.717, 1.165) is 77.0 Å². The van der Waals surface area contributed by atoms with Gasteiger partial charge in [0.25, 0.3) is 0 Å². The summed E-state index contributed by atoms with van der Waals surface area (Å²) in [5, 5.41) is 23.8. The fourth-order valence-corrected chi connectivity index (χ4v) is 7.87. The summed E-state index contributed by atoms with van der Waals surface area (Å²) < 4.78 is 5.88. The van der Waals surface area contributed by atoms with Gasteiger partial charge in [-0.3, -0.25) is 9.59 Å². The Morgan fingerprint density at radius 3 is 1.29 bits per heavy atom. The topological polar surface area (TPSA) is 95.9 Å². The average molecular weight is 906 g/mol. The van der Waals surface area contributed by atoms with Gasteiger partial charge in [0, 0.05) is 6.42 Å². The first-order valence-corrected chi connectivity index (χ1v) is 27.3. The lowest BCUT2D eigenvalue weighted by Gasteiger charge is -2.24. The van der Waals surface area contributed by atoms with Crippen LogP contribution >= 0.6 is 0 Å². The van der Waals surface area contributed by atoms with Crippen molar-refractivity contribution >= 4 is 11.9 Å². The molecular weight excluding hydrogens is 803 g/mol. The largest absolute Gasteiger partial charge is 0.462 e. The summed E-state index contributed by atoms with van der Waals surface area (Å²) in [5.74, 6) is -0.604. The molecule has 0 aromatic carbocycles. The standard InChI is InChI=1S/C59H103NO5/c1-4-7-10-13-16-19-22-25-27-28-29-30-32-34-37-40-43-46-49-52-59(64)65-55(50-47-44-41-38-35-24-21-18-15-12-9-6-3)53-58(63)60-56(54-61)57(62)51-48-45-42-39-36-33-31-26-23-20-17-14-11-8-5-2/h7,10,16,19,25,27,29-30,34,37-38,41,43,46,55-57,61-62H,4-6,8-9,11-15,17-18,20-24,26,28,31-33,35-36,39-40,42,44-45,47-54H2,1-3H3,(H,60,63)/b10-7-,19-16-,27-25-,30-29-,37-34-,41-38-,46-43-. The van der Waals surface area contributed by atoms with E-state index in [9.17, 15) is 19.8 Å². The van der Waals surface area contributed by atoms with Crippen LogP contribution in [0, 0.1) is 0 Å². The molecule has 0 heterocycles. The molecular formula is C59H103NO5. The molecule has 1 amide bonds. The van der Waals surface area contributed by atoms with Gasteiger partial charge < -0.3 is 20.3 Å². The van der Waals surface area contributed by atoms with Gasteiger partial charge in [0.15, 0.2) is 0 Å². The minimum atomic E-state index is -0.810. The lowest BCUT2D eigenvalue weighted by atomic mass is 10.0.